The smallest absolute Gasteiger partial charge is 0.152 e. The molecule has 7 heteroatoms. The zero-order valence-corrected chi connectivity index (χ0v) is 16.8. The van der Waals surface area contributed by atoms with Gasteiger partial charge >= 0.3 is 0 Å². The van der Waals surface area contributed by atoms with Crippen molar-refractivity contribution in [3.8, 4) is 0 Å². The van der Waals surface area contributed by atoms with Crippen LogP contribution >= 0.6 is 11.8 Å². The predicted molar refractivity (Wildman–Crippen MR) is 108 cm³/mol. The van der Waals surface area contributed by atoms with Crippen molar-refractivity contribution in [2.75, 3.05) is 19.3 Å². The molecule has 3 heterocycles. The molecule has 0 saturated carbocycles. The quantitative estimate of drug-likeness (QED) is 0.613. The van der Waals surface area contributed by atoms with Gasteiger partial charge in [0.25, 0.3) is 0 Å². The monoisotopic (exact) mass is 382 g/mol. The molecule has 0 spiro atoms. The van der Waals surface area contributed by atoms with Gasteiger partial charge in [0.15, 0.2) is 5.82 Å². The van der Waals surface area contributed by atoms with Crippen LogP contribution in [0.1, 0.15) is 36.0 Å². The van der Waals surface area contributed by atoms with Gasteiger partial charge < -0.3 is 9.13 Å². The highest BCUT2D eigenvalue weighted by molar-refractivity contribution is 7.98. The molecule has 0 aliphatic carbocycles. The first-order valence-electron chi connectivity index (χ1n) is 9.42. The number of imidazole rings is 1. The van der Waals surface area contributed by atoms with Crippen LogP contribution in [0.3, 0.4) is 0 Å². The van der Waals surface area contributed by atoms with Crippen LogP contribution in [-0.4, -0.2) is 48.6 Å². The van der Waals surface area contributed by atoms with E-state index in [1.54, 1.807) is 18.0 Å². The van der Waals surface area contributed by atoms with Crippen molar-refractivity contribution in [3.63, 3.8) is 0 Å². The van der Waals surface area contributed by atoms with Crippen LogP contribution in [0.5, 0.6) is 0 Å². The molecule has 0 amide bonds. The van der Waals surface area contributed by atoms with Crippen molar-refractivity contribution >= 4 is 11.8 Å². The SMILES string of the molecule is CSc1ccc(CN2CCCC(c3nnc(Cn4ccnc4)n3C)C2)cc1. The Balaban J connectivity index is 1.42. The molecule has 142 valence electrons. The Morgan fingerprint density at radius 1 is 1.15 bits per heavy atom. The van der Waals surface area contributed by atoms with Gasteiger partial charge in [0.2, 0.25) is 0 Å². The molecule has 1 aliphatic heterocycles. The van der Waals surface area contributed by atoms with E-state index in [-0.39, 0.29) is 0 Å². The van der Waals surface area contributed by atoms with Gasteiger partial charge in [-0.15, -0.1) is 22.0 Å². The summed E-state index contributed by atoms with van der Waals surface area (Å²) in [7, 11) is 2.09. The fourth-order valence-corrected chi connectivity index (χ4v) is 4.22. The third kappa shape index (κ3) is 4.25. The number of benzene rings is 1. The average Bonchev–Trinajstić information content (AvgIpc) is 3.33. The zero-order valence-electron chi connectivity index (χ0n) is 16.0. The summed E-state index contributed by atoms with van der Waals surface area (Å²) in [5.41, 5.74) is 1.38. The number of likely N-dealkylation sites (tertiary alicyclic amines) is 1. The molecular weight excluding hydrogens is 356 g/mol. The highest BCUT2D eigenvalue weighted by Crippen LogP contribution is 2.27. The Morgan fingerprint density at radius 3 is 2.74 bits per heavy atom. The van der Waals surface area contributed by atoms with Crippen LogP contribution in [0.25, 0.3) is 0 Å². The fraction of sp³-hybridized carbons (Fsp3) is 0.450. The lowest BCUT2D eigenvalue weighted by molar-refractivity contribution is 0.195. The van der Waals surface area contributed by atoms with Crippen LogP contribution in [-0.2, 0) is 20.1 Å². The molecule has 1 aromatic carbocycles. The maximum absolute atomic E-state index is 4.53. The summed E-state index contributed by atoms with van der Waals surface area (Å²) in [6.45, 7) is 3.91. The van der Waals surface area contributed by atoms with Gasteiger partial charge in [0.1, 0.15) is 5.82 Å². The largest absolute Gasteiger partial charge is 0.330 e. The second kappa shape index (κ2) is 8.27. The van der Waals surface area contributed by atoms with E-state index in [1.807, 2.05) is 17.1 Å². The Labute approximate surface area is 164 Å². The lowest BCUT2D eigenvalue weighted by atomic mass is 9.96. The third-order valence-electron chi connectivity index (χ3n) is 5.32. The van der Waals surface area contributed by atoms with Gasteiger partial charge in [-0.25, -0.2) is 4.98 Å². The molecule has 0 N–H and O–H groups in total. The first-order chi connectivity index (χ1) is 13.2. The molecule has 4 rings (SSSR count). The van der Waals surface area contributed by atoms with Crippen molar-refractivity contribution in [3.05, 3.63) is 60.2 Å². The molecule has 6 nitrogen and oxygen atoms in total. The second-order valence-corrected chi connectivity index (χ2v) is 8.07. The van der Waals surface area contributed by atoms with E-state index in [9.17, 15) is 0 Å². The van der Waals surface area contributed by atoms with Crippen LogP contribution in [0.4, 0.5) is 0 Å². The Kier molecular flexibility index (Phi) is 5.59. The van der Waals surface area contributed by atoms with Gasteiger partial charge in [-0.05, 0) is 43.3 Å². The van der Waals surface area contributed by atoms with E-state index in [0.717, 1.165) is 31.3 Å². The van der Waals surface area contributed by atoms with Gasteiger partial charge in [0, 0.05) is 43.3 Å². The van der Waals surface area contributed by atoms with Crippen LogP contribution < -0.4 is 0 Å². The Hall–Kier alpha value is -2.12. The Bertz CT molecular complexity index is 855. The number of rotatable bonds is 6. The molecule has 1 aliphatic rings. The molecule has 1 atom stereocenters. The normalized spacial score (nSPS) is 18.1. The van der Waals surface area contributed by atoms with Crippen molar-refractivity contribution in [2.24, 2.45) is 7.05 Å². The summed E-state index contributed by atoms with van der Waals surface area (Å²) in [4.78, 5) is 7.97. The maximum atomic E-state index is 4.53. The molecule has 27 heavy (non-hydrogen) atoms. The van der Waals surface area contributed by atoms with Crippen LogP contribution in [0, 0.1) is 0 Å². The highest BCUT2D eigenvalue weighted by atomic mass is 32.2. The minimum Gasteiger partial charge on any atom is -0.330 e. The van der Waals surface area contributed by atoms with E-state index < -0.39 is 0 Å². The summed E-state index contributed by atoms with van der Waals surface area (Å²) in [6.07, 6.45) is 10.1. The number of nitrogens with zero attached hydrogens (tertiary/aromatic N) is 6. The summed E-state index contributed by atoms with van der Waals surface area (Å²) in [6, 6.07) is 8.93. The van der Waals surface area contributed by atoms with Crippen molar-refractivity contribution < 1.29 is 0 Å². The van der Waals surface area contributed by atoms with Gasteiger partial charge in [-0.1, -0.05) is 12.1 Å². The molecule has 0 bridgehead atoms. The van der Waals surface area contributed by atoms with Gasteiger partial charge in [-0.2, -0.15) is 0 Å². The standard InChI is InChI=1S/C20H26N6S/c1-24-19(14-26-11-9-21-15-26)22-23-20(24)17-4-3-10-25(13-17)12-16-5-7-18(27-2)8-6-16/h5-9,11,15,17H,3-4,10,12-14H2,1-2H3. The molecule has 1 fully saturated rings. The lowest BCUT2D eigenvalue weighted by Crippen LogP contribution is -2.34. The molecule has 0 radical (unpaired) electrons. The molecule has 2 aromatic heterocycles. The zero-order chi connectivity index (χ0) is 18.6. The second-order valence-electron chi connectivity index (χ2n) is 7.19. The highest BCUT2D eigenvalue weighted by Gasteiger charge is 2.26. The maximum Gasteiger partial charge on any atom is 0.152 e. The van der Waals surface area contributed by atoms with Crippen LogP contribution in [0.2, 0.25) is 0 Å². The van der Waals surface area contributed by atoms with E-state index in [4.69, 9.17) is 0 Å². The van der Waals surface area contributed by atoms with Crippen molar-refractivity contribution in [2.45, 2.75) is 36.7 Å². The summed E-state index contributed by atoms with van der Waals surface area (Å²) in [5.74, 6) is 2.53. The number of hydrogen-bond donors (Lipinski definition) is 0. The van der Waals surface area contributed by atoms with E-state index in [1.165, 1.54) is 23.3 Å². The van der Waals surface area contributed by atoms with E-state index >= 15 is 0 Å². The lowest BCUT2D eigenvalue weighted by Gasteiger charge is -2.32. The van der Waals surface area contributed by atoms with Gasteiger partial charge in [-0.3, -0.25) is 4.90 Å². The summed E-state index contributed by atoms with van der Waals surface area (Å²) in [5, 5.41) is 8.97. The topological polar surface area (TPSA) is 51.8 Å². The molecule has 1 unspecified atom stereocenters. The van der Waals surface area contributed by atoms with E-state index in [0.29, 0.717) is 12.5 Å². The Morgan fingerprint density at radius 2 is 2.00 bits per heavy atom. The van der Waals surface area contributed by atoms with Crippen molar-refractivity contribution in [1.82, 2.24) is 29.2 Å². The number of hydrogen-bond acceptors (Lipinski definition) is 5. The number of thioether (sulfide) groups is 1. The molecule has 1 saturated heterocycles. The third-order valence-corrected chi connectivity index (χ3v) is 6.06. The molecular formula is C20H26N6S. The van der Waals surface area contributed by atoms with Crippen LogP contribution in [0.15, 0.2) is 47.9 Å². The summed E-state index contributed by atoms with van der Waals surface area (Å²) >= 11 is 1.79. The molecule has 3 aromatic rings. The summed E-state index contributed by atoms with van der Waals surface area (Å²) < 4.78 is 4.20. The number of aromatic nitrogens is 5. The fourth-order valence-electron chi connectivity index (χ4n) is 3.81. The average molecular weight is 383 g/mol. The number of piperidine rings is 1. The predicted octanol–water partition coefficient (Wildman–Crippen LogP) is 3.16. The van der Waals surface area contributed by atoms with Crippen molar-refractivity contribution in [1.29, 1.82) is 0 Å². The first-order valence-corrected chi connectivity index (χ1v) is 10.6. The van der Waals surface area contributed by atoms with Gasteiger partial charge in [0.05, 0.1) is 12.9 Å². The minimum atomic E-state index is 0.443. The minimum absolute atomic E-state index is 0.443. The first kappa shape index (κ1) is 18.3. The van der Waals surface area contributed by atoms with E-state index in [2.05, 4.69) is 62.2 Å².